The molecule has 1 aliphatic rings. The van der Waals surface area contributed by atoms with Crippen LogP contribution in [0.3, 0.4) is 0 Å². The van der Waals surface area contributed by atoms with E-state index >= 15 is 0 Å². The quantitative estimate of drug-likeness (QED) is 0.587. The van der Waals surface area contributed by atoms with Crippen molar-refractivity contribution in [3.63, 3.8) is 0 Å². The van der Waals surface area contributed by atoms with Crippen LogP contribution >= 0.6 is 15.9 Å². The molecule has 1 atom stereocenters. The second kappa shape index (κ2) is 9.20. The Morgan fingerprint density at radius 3 is 2.33 bits per heavy atom. The van der Waals surface area contributed by atoms with E-state index in [0.717, 1.165) is 28.9 Å². The van der Waals surface area contributed by atoms with Gasteiger partial charge in [-0.15, -0.1) is 0 Å². The first-order chi connectivity index (χ1) is 14.1. The number of nitrogens with one attached hydrogen (secondary N) is 1. The normalized spacial score (nSPS) is 14.8. The standard InChI is InChI=1S/C22H22BrF3N2O2/c1-14(29)27-20(15-6-8-17(23)9-7-15)12-21(30)28(18-10-11-18)13-16-4-2-3-5-19(16)22(24,25)26/h2-9,18,20H,10-13H2,1H3,(H,27,29). The third-order valence-corrected chi connectivity index (χ3v) is 5.53. The Morgan fingerprint density at radius 2 is 1.77 bits per heavy atom. The van der Waals surface area contributed by atoms with Gasteiger partial charge in [0, 0.05) is 24.0 Å². The molecule has 1 unspecified atom stereocenters. The summed E-state index contributed by atoms with van der Waals surface area (Å²) < 4.78 is 41.0. The Bertz CT molecular complexity index is 911. The van der Waals surface area contributed by atoms with Crippen molar-refractivity contribution in [2.45, 2.75) is 51.0 Å². The maximum absolute atomic E-state index is 13.4. The Morgan fingerprint density at radius 1 is 1.13 bits per heavy atom. The summed E-state index contributed by atoms with van der Waals surface area (Å²) in [5.74, 6) is -0.563. The highest BCUT2D eigenvalue weighted by atomic mass is 79.9. The summed E-state index contributed by atoms with van der Waals surface area (Å²) >= 11 is 3.35. The molecule has 1 aliphatic carbocycles. The average molecular weight is 483 g/mol. The Kier molecular flexibility index (Phi) is 6.85. The van der Waals surface area contributed by atoms with Gasteiger partial charge in [-0.2, -0.15) is 13.2 Å². The van der Waals surface area contributed by atoms with E-state index < -0.39 is 17.8 Å². The summed E-state index contributed by atoms with van der Waals surface area (Å²) in [6.45, 7) is 1.26. The third-order valence-electron chi connectivity index (χ3n) is 5.00. The number of amides is 2. The van der Waals surface area contributed by atoms with Crippen molar-refractivity contribution < 1.29 is 22.8 Å². The highest BCUT2D eigenvalue weighted by Gasteiger charge is 2.37. The lowest BCUT2D eigenvalue weighted by Gasteiger charge is -2.27. The number of nitrogens with zero attached hydrogens (tertiary/aromatic N) is 1. The van der Waals surface area contributed by atoms with Gasteiger partial charge in [-0.05, 0) is 42.2 Å². The van der Waals surface area contributed by atoms with Crippen LogP contribution in [0.1, 0.15) is 48.9 Å². The number of carbonyl (C=O) groups is 2. The van der Waals surface area contributed by atoms with Crippen LogP contribution in [0, 0.1) is 0 Å². The SMILES string of the molecule is CC(=O)NC(CC(=O)N(Cc1ccccc1C(F)(F)F)C1CC1)c1ccc(Br)cc1. The number of alkyl halides is 3. The summed E-state index contributed by atoms with van der Waals surface area (Å²) in [7, 11) is 0. The zero-order valence-electron chi connectivity index (χ0n) is 16.4. The molecule has 0 radical (unpaired) electrons. The van der Waals surface area contributed by atoms with Crippen molar-refractivity contribution in [2.24, 2.45) is 0 Å². The molecule has 8 heteroatoms. The largest absolute Gasteiger partial charge is 0.416 e. The van der Waals surface area contributed by atoms with E-state index in [1.807, 2.05) is 12.1 Å². The molecule has 2 amide bonds. The van der Waals surface area contributed by atoms with Crippen molar-refractivity contribution in [2.75, 3.05) is 0 Å². The molecule has 3 rings (SSSR count). The number of rotatable bonds is 7. The fourth-order valence-corrected chi connectivity index (χ4v) is 3.67. The first-order valence-electron chi connectivity index (χ1n) is 9.62. The number of benzene rings is 2. The minimum atomic E-state index is -4.48. The van der Waals surface area contributed by atoms with E-state index in [4.69, 9.17) is 0 Å². The van der Waals surface area contributed by atoms with Crippen LogP contribution < -0.4 is 5.32 Å². The van der Waals surface area contributed by atoms with E-state index in [0.29, 0.717) is 0 Å². The summed E-state index contributed by atoms with van der Waals surface area (Å²) in [6, 6.07) is 11.9. The second-order valence-electron chi connectivity index (χ2n) is 7.42. The fourth-order valence-electron chi connectivity index (χ4n) is 3.41. The predicted molar refractivity (Wildman–Crippen MR) is 110 cm³/mol. The van der Waals surface area contributed by atoms with Crippen LogP contribution in [-0.2, 0) is 22.3 Å². The van der Waals surface area contributed by atoms with Crippen LogP contribution in [0.4, 0.5) is 13.2 Å². The van der Waals surface area contributed by atoms with Gasteiger partial charge in [-0.1, -0.05) is 46.3 Å². The van der Waals surface area contributed by atoms with Gasteiger partial charge in [0.2, 0.25) is 11.8 Å². The van der Waals surface area contributed by atoms with Gasteiger partial charge in [-0.25, -0.2) is 0 Å². The monoisotopic (exact) mass is 482 g/mol. The topological polar surface area (TPSA) is 49.4 Å². The van der Waals surface area contributed by atoms with Crippen molar-refractivity contribution >= 4 is 27.7 Å². The molecule has 1 saturated carbocycles. The van der Waals surface area contributed by atoms with E-state index in [9.17, 15) is 22.8 Å². The molecule has 30 heavy (non-hydrogen) atoms. The number of halogens is 4. The molecular weight excluding hydrogens is 461 g/mol. The molecule has 160 valence electrons. The number of hydrogen-bond acceptors (Lipinski definition) is 2. The Balaban J connectivity index is 1.81. The van der Waals surface area contributed by atoms with Crippen LogP contribution in [0.2, 0.25) is 0 Å². The summed E-state index contributed by atoms with van der Waals surface area (Å²) in [5, 5.41) is 2.78. The summed E-state index contributed by atoms with van der Waals surface area (Å²) in [6.07, 6.45) is -2.97. The van der Waals surface area contributed by atoms with Gasteiger partial charge in [-0.3, -0.25) is 9.59 Å². The molecule has 1 fully saturated rings. The third kappa shape index (κ3) is 5.84. The summed E-state index contributed by atoms with van der Waals surface area (Å²) in [5.41, 5.74) is 0.105. The number of hydrogen-bond donors (Lipinski definition) is 1. The second-order valence-corrected chi connectivity index (χ2v) is 8.33. The lowest BCUT2D eigenvalue weighted by Crippen LogP contribution is -2.37. The Labute approximate surface area is 181 Å². The number of carbonyl (C=O) groups excluding carboxylic acids is 2. The van der Waals surface area contributed by atoms with Crippen molar-refractivity contribution in [1.29, 1.82) is 0 Å². The molecule has 0 bridgehead atoms. The molecule has 0 aromatic heterocycles. The maximum atomic E-state index is 13.4. The molecule has 4 nitrogen and oxygen atoms in total. The molecular formula is C22H22BrF3N2O2. The van der Waals surface area contributed by atoms with Crippen molar-refractivity contribution in [1.82, 2.24) is 10.2 Å². The lowest BCUT2D eigenvalue weighted by atomic mass is 10.0. The molecule has 1 N–H and O–H groups in total. The predicted octanol–water partition coefficient (Wildman–Crippen LogP) is 5.23. The van der Waals surface area contributed by atoms with Gasteiger partial charge in [0.25, 0.3) is 0 Å². The van der Waals surface area contributed by atoms with Crippen LogP contribution in [-0.4, -0.2) is 22.8 Å². The minimum absolute atomic E-state index is 0.0219. The van der Waals surface area contributed by atoms with E-state index in [1.165, 1.54) is 24.0 Å². The lowest BCUT2D eigenvalue weighted by molar-refractivity contribution is -0.140. The molecule has 0 heterocycles. The van der Waals surface area contributed by atoms with Crippen LogP contribution in [0.5, 0.6) is 0 Å². The zero-order valence-corrected chi connectivity index (χ0v) is 18.0. The van der Waals surface area contributed by atoms with Crippen LogP contribution in [0.15, 0.2) is 53.0 Å². The van der Waals surface area contributed by atoms with E-state index in [1.54, 1.807) is 18.2 Å². The van der Waals surface area contributed by atoms with Gasteiger partial charge in [0.15, 0.2) is 0 Å². The Hall–Kier alpha value is -2.35. The maximum Gasteiger partial charge on any atom is 0.416 e. The average Bonchev–Trinajstić information content (AvgIpc) is 3.50. The minimum Gasteiger partial charge on any atom is -0.349 e. The van der Waals surface area contributed by atoms with Crippen LogP contribution in [0.25, 0.3) is 0 Å². The molecule has 0 saturated heterocycles. The first kappa shape index (κ1) is 22.3. The summed E-state index contributed by atoms with van der Waals surface area (Å²) in [4.78, 5) is 26.3. The van der Waals surface area contributed by atoms with E-state index in [2.05, 4.69) is 21.2 Å². The van der Waals surface area contributed by atoms with Gasteiger partial charge in [0.05, 0.1) is 18.0 Å². The van der Waals surface area contributed by atoms with Gasteiger partial charge < -0.3 is 10.2 Å². The van der Waals surface area contributed by atoms with E-state index in [-0.39, 0.29) is 36.4 Å². The van der Waals surface area contributed by atoms with Crippen molar-refractivity contribution in [3.8, 4) is 0 Å². The zero-order chi connectivity index (χ0) is 21.9. The molecule has 0 spiro atoms. The van der Waals surface area contributed by atoms with Gasteiger partial charge >= 0.3 is 6.18 Å². The molecule has 0 aliphatic heterocycles. The molecule has 2 aromatic carbocycles. The highest BCUT2D eigenvalue weighted by molar-refractivity contribution is 9.10. The highest BCUT2D eigenvalue weighted by Crippen LogP contribution is 2.35. The van der Waals surface area contributed by atoms with Gasteiger partial charge in [0.1, 0.15) is 0 Å². The van der Waals surface area contributed by atoms with Crippen molar-refractivity contribution in [3.05, 3.63) is 69.7 Å². The first-order valence-corrected chi connectivity index (χ1v) is 10.4. The molecule has 2 aromatic rings. The smallest absolute Gasteiger partial charge is 0.349 e. The fraction of sp³-hybridized carbons (Fsp3) is 0.364.